The Morgan fingerprint density at radius 3 is 2.29 bits per heavy atom. The smallest absolute Gasteiger partial charge is 0.128 e. The molecule has 0 bridgehead atoms. The van der Waals surface area contributed by atoms with Crippen molar-refractivity contribution < 1.29 is 14.7 Å². The summed E-state index contributed by atoms with van der Waals surface area (Å²) in [4.78, 5) is 19.1. The Morgan fingerprint density at radius 1 is 1.86 bits per heavy atom. The lowest BCUT2D eigenvalue weighted by Gasteiger charge is -2.00. The molecule has 0 N–H and O–H groups in total. The average Bonchev–Trinajstić information content (AvgIpc) is 1.65. The number of hydrogen-bond acceptors (Lipinski definition) is 3. The van der Waals surface area contributed by atoms with Gasteiger partial charge in [0.05, 0.1) is 11.9 Å². The first kappa shape index (κ1) is 6.14. The molecule has 0 aromatic heterocycles. The van der Waals surface area contributed by atoms with Crippen molar-refractivity contribution in [2.24, 2.45) is 5.92 Å². The molecule has 1 atom stereocenters. The number of carbonyl (C=O) groups excluding carboxylic acids is 2. The summed E-state index contributed by atoms with van der Waals surface area (Å²) in [6.07, 6.45) is 0.329. The minimum atomic E-state index is -1.32. The average molecular weight is 101 g/mol. The third-order valence-electron chi connectivity index (χ3n) is 0.576. The van der Waals surface area contributed by atoms with Crippen LogP contribution in [0.1, 0.15) is 6.92 Å². The van der Waals surface area contributed by atoms with Crippen LogP contribution in [0.4, 0.5) is 0 Å². The van der Waals surface area contributed by atoms with Gasteiger partial charge in [-0.15, -0.1) is 0 Å². The molecule has 0 aliphatic carbocycles. The van der Waals surface area contributed by atoms with Gasteiger partial charge in [0.25, 0.3) is 0 Å². The maximum Gasteiger partial charge on any atom is 0.128 e. The Bertz CT molecular complexity index is 86.9. The van der Waals surface area contributed by atoms with Gasteiger partial charge in [0, 0.05) is 0 Å². The normalized spacial score (nSPS) is 12.7. The van der Waals surface area contributed by atoms with Crippen LogP contribution in [0.15, 0.2) is 0 Å². The lowest BCUT2D eigenvalue weighted by molar-refractivity contribution is -0.308. The van der Waals surface area contributed by atoms with E-state index in [2.05, 4.69) is 0 Å². The fourth-order valence-corrected chi connectivity index (χ4v) is 0.0556. The summed E-state index contributed by atoms with van der Waals surface area (Å²) < 4.78 is 0. The van der Waals surface area contributed by atoms with Crippen LogP contribution in [-0.4, -0.2) is 12.3 Å². The summed E-state index contributed by atoms with van der Waals surface area (Å²) >= 11 is 0. The monoisotopic (exact) mass is 101 g/mol. The largest absolute Gasteiger partial charge is 0.549 e. The quantitative estimate of drug-likeness (QED) is 0.316. The number of aliphatic carboxylic acids is 1. The summed E-state index contributed by atoms with van der Waals surface area (Å²) in [5.41, 5.74) is 0. The molecule has 0 rings (SSSR count). The zero-order chi connectivity index (χ0) is 5.86. The predicted molar refractivity (Wildman–Crippen MR) is 20.2 cm³/mol. The summed E-state index contributed by atoms with van der Waals surface area (Å²) in [6.45, 7) is 1.27. The Hall–Kier alpha value is -0.860. The molecule has 0 heterocycles. The number of rotatable bonds is 2. The first-order valence-corrected chi connectivity index (χ1v) is 1.84. The minimum Gasteiger partial charge on any atom is -0.549 e. The zero-order valence-corrected chi connectivity index (χ0v) is 3.88. The Kier molecular flexibility index (Phi) is 2.05. The van der Waals surface area contributed by atoms with Crippen LogP contribution in [0.2, 0.25) is 0 Å². The fourth-order valence-electron chi connectivity index (χ4n) is 0.0556. The Morgan fingerprint density at radius 2 is 2.29 bits per heavy atom. The molecule has 0 aliphatic heterocycles. The molecule has 0 unspecified atom stereocenters. The van der Waals surface area contributed by atoms with Crippen molar-refractivity contribution in [2.45, 2.75) is 6.92 Å². The fraction of sp³-hybridized carbons (Fsp3) is 0.500. The van der Waals surface area contributed by atoms with Crippen LogP contribution >= 0.6 is 0 Å². The van der Waals surface area contributed by atoms with Crippen LogP contribution in [0.3, 0.4) is 0 Å². The molecule has 0 aromatic rings. The van der Waals surface area contributed by atoms with Gasteiger partial charge in [-0.2, -0.15) is 0 Å². The number of aldehydes is 1. The molecular weight excluding hydrogens is 96.0 g/mol. The number of hydrogen-bond donors (Lipinski definition) is 0. The van der Waals surface area contributed by atoms with E-state index in [4.69, 9.17) is 0 Å². The van der Waals surface area contributed by atoms with Crippen LogP contribution in [0, 0.1) is 5.92 Å². The molecule has 0 spiro atoms. The van der Waals surface area contributed by atoms with E-state index in [0.717, 1.165) is 0 Å². The van der Waals surface area contributed by atoms with Gasteiger partial charge in [-0.05, 0) is 0 Å². The van der Waals surface area contributed by atoms with E-state index >= 15 is 0 Å². The van der Waals surface area contributed by atoms with Crippen molar-refractivity contribution in [3.05, 3.63) is 0 Å². The van der Waals surface area contributed by atoms with Gasteiger partial charge in [-0.3, -0.25) is 0 Å². The minimum absolute atomic E-state index is 0.329. The number of carboxylic acids is 1. The lowest BCUT2D eigenvalue weighted by atomic mass is 10.2. The lowest BCUT2D eigenvalue weighted by Crippen LogP contribution is -2.30. The predicted octanol–water partition coefficient (Wildman–Crippen LogP) is -1.43. The van der Waals surface area contributed by atoms with E-state index in [-0.39, 0.29) is 0 Å². The van der Waals surface area contributed by atoms with E-state index in [1.807, 2.05) is 0 Å². The van der Waals surface area contributed by atoms with Gasteiger partial charge in [0.1, 0.15) is 6.29 Å². The van der Waals surface area contributed by atoms with Crippen LogP contribution in [-0.2, 0) is 9.59 Å². The molecule has 3 heteroatoms. The maximum absolute atomic E-state index is 9.59. The van der Waals surface area contributed by atoms with Gasteiger partial charge < -0.3 is 14.7 Å². The molecule has 0 saturated carbocycles. The summed E-state index contributed by atoms with van der Waals surface area (Å²) in [5, 5.41) is 9.59. The highest BCUT2D eigenvalue weighted by molar-refractivity contribution is 5.84. The summed E-state index contributed by atoms with van der Waals surface area (Å²) in [7, 11) is 0. The van der Waals surface area contributed by atoms with E-state index in [0.29, 0.717) is 6.29 Å². The van der Waals surface area contributed by atoms with Crippen LogP contribution < -0.4 is 5.11 Å². The zero-order valence-electron chi connectivity index (χ0n) is 3.88. The third kappa shape index (κ3) is 1.92. The molecule has 7 heavy (non-hydrogen) atoms. The van der Waals surface area contributed by atoms with Gasteiger partial charge in [-0.1, -0.05) is 6.92 Å². The van der Waals surface area contributed by atoms with E-state index in [9.17, 15) is 14.7 Å². The van der Waals surface area contributed by atoms with Gasteiger partial charge in [-0.25, -0.2) is 0 Å². The van der Waals surface area contributed by atoms with Crippen LogP contribution in [0.5, 0.6) is 0 Å². The van der Waals surface area contributed by atoms with E-state index in [1.165, 1.54) is 6.92 Å². The van der Waals surface area contributed by atoms with E-state index in [1.54, 1.807) is 0 Å². The summed E-state index contributed by atoms with van der Waals surface area (Å²) in [6, 6.07) is 0. The number of carboxylic acid groups (broad SMARTS) is 1. The standard InChI is InChI=1S/C4H6O3/c1-3(2-5)4(6)7/h2-3H,1H3,(H,6,7)/p-1/t3-/m1/s1. The van der Waals surface area contributed by atoms with Crippen molar-refractivity contribution in [2.75, 3.05) is 0 Å². The van der Waals surface area contributed by atoms with Crippen molar-refractivity contribution >= 4 is 12.3 Å². The molecule has 0 saturated heterocycles. The molecule has 0 aliphatic rings. The van der Waals surface area contributed by atoms with E-state index < -0.39 is 11.9 Å². The van der Waals surface area contributed by atoms with Crippen LogP contribution in [0.25, 0.3) is 0 Å². The molecule has 0 radical (unpaired) electrons. The Balaban J connectivity index is 3.55. The van der Waals surface area contributed by atoms with Gasteiger partial charge in [0.2, 0.25) is 0 Å². The SMILES string of the molecule is C[C@H](C=O)C(=O)[O-]. The first-order valence-electron chi connectivity index (χ1n) is 1.84. The second-order valence-electron chi connectivity index (χ2n) is 1.24. The third-order valence-corrected chi connectivity index (χ3v) is 0.576. The highest BCUT2D eigenvalue weighted by Gasteiger charge is 1.95. The summed E-state index contributed by atoms with van der Waals surface area (Å²) in [5.74, 6) is -2.30. The van der Waals surface area contributed by atoms with Crippen molar-refractivity contribution in [1.82, 2.24) is 0 Å². The van der Waals surface area contributed by atoms with Gasteiger partial charge >= 0.3 is 0 Å². The molecule has 40 valence electrons. The topological polar surface area (TPSA) is 57.2 Å². The molecule has 0 fully saturated rings. The molecular formula is C4H5O3-. The molecule has 0 amide bonds. The van der Waals surface area contributed by atoms with Crippen molar-refractivity contribution in [3.63, 3.8) is 0 Å². The Labute approximate surface area is 41.0 Å². The highest BCUT2D eigenvalue weighted by atomic mass is 16.4. The second kappa shape index (κ2) is 2.34. The second-order valence-corrected chi connectivity index (χ2v) is 1.24. The first-order chi connectivity index (χ1) is 3.18. The van der Waals surface area contributed by atoms with Crippen molar-refractivity contribution in [1.29, 1.82) is 0 Å². The highest BCUT2D eigenvalue weighted by Crippen LogP contribution is 1.81. The number of carbonyl (C=O) groups is 2. The molecule has 0 aromatic carbocycles. The van der Waals surface area contributed by atoms with Crippen molar-refractivity contribution in [3.8, 4) is 0 Å². The van der Waals surface area contributed by atoms with Gasteiger partial charge in [0.15, 0.2) is 0 Å². The maximum atomic E-state index is 9.59. The molecule has 3 nitrogen and oxygen atoms in total.